The Labute approximate surface area is 195 Å². The fourth-order valence-electron chi connectivity index (χ4n) is 4.09. The zero-order chi connectivity index (χ0) is 24.4. The molecule has 0 bridgehead atoms. The topological polar surface area (TPSA) is 83.8 Å². The number of nitriles is 1. The third-order valence-corrected chi connectivity index (χ3v) is 5.67. The maximum absolute atomic E-state index is 13.8. The minimum Gasteiger partial charge on any atom is -0.394 e. The van der Waals surface area contributed by atoms with Gasteiger partial charge in [0.2, 0.25) is 0 Å². The van der Waals surface area contributed by atoms with Crippen molar-refractivity contribution in [1.82, 2.24) is 14.1 Å². The molecule has 172 valence electrons. The highest BCUT2D eigenvalue weighted by atomic mass is 19.1. The van der Waals surface area contributed by atoms with Crippen molar-refractivity contribution in [2.24, 2.45) is 0 Å². The first-order chi connectivity index (χ1) is 16.3. The van der Waals surface area contributed by atoms with E-state index in [1.54, 1.807) is 6.33 Å². The molecule has 0 aliphatic rings. The van der Waals surface area contributed by atoms with Gasteiger partial charge < -0.3 is 14.2 Å². The number of pyridine rings is 1. The Hall–Kier alpha value is -4.09. The lowest BCUT2D eigenvalue weighted by Gasteiger charge is -2.20. The molecule has 2 heterocycles. The standard InChI is InChI=1S/C26H22F2N4O2/c1-16-5-18(3-4-24(16)31-12-17(2)30-15-31)6-21-7-19(11-29)13-32(26(21)34)25(14-33)20-8-22(27)10-23(28)9-20/h3-5,7-10,12-13,15,25,33H,6,14H2,1-2H3/t25-/m0/s1. The zero-order valence-electron chi connectivity index (χ0n) is 18.7. The lowest BCUT2D eigenvalue weighted by atomic mass is 10.0. The summed E-state index contributed by atoms with van der Waals surface area (Å²) < 4.78 is 30.6. The Morgan fingerprint density at radius 3 is 2.41 bits per heavy atom. The van der Waals surface area contributed by atoms with Crippen molar-refractivity contribution in [2.45, 2.75) is 26.3 Å². The van der Waals surface area contributed by atoms with Crippen molar-refractivity contribution in [1.29, 1.82) is 5.26 Å². The predicted molar refractivity (Wildman–Crippen MR) is 123 cm³/mol. The molecule has 4 rings (SSSR count). The summed E-state index contributed by atoms with van der Waals surface area (Å²) in [5, 5.41) is 19.5. The Kier molecular flexibility index (Phi) is 6.39. The summed E-state index contributed by atoms with van der Waals surface area (Å²) in [4.78, 5) is 17.5. The molecule has 0 aliphatic carbocycles. The van der Waals surface area contributed by atoms with Gasteiger partial charge in [0, 0.05) is 36.1 Å². The van der Waals surface area contributed by atoms with Gasteiger partial charge in [-0.15, -0.1) is 0 Å². The molecule has 0 radical (unpaired) electrons. The average Bonchev–Trinajstić information content (AvgIpc) is 3.22. The molecule has 1 N–H and O–H groups in total. The van der Waals surface area contributed by atoms with Crippen LogP contribution in [0.5, 0.6) is 0 Å². The molecule has 0 saturated heterocycles. The summed E-state index contributed by atoms with van der Waals surface area (Å²) in [7, 11) is 0. The van der Waals surface area contributed by atoms with E-state index in [1.807, 2.05) is 48.9 Å². The first-order valence-corrected chi connectivity index (χ1v) is 10.6. The number of nitrogens with zero attached hydrogens (tertiary/aromatic N) is 4. The molecule has 0 spiro atoms. The van der Waals surface area contributed by atoms with Crippen molar-refractivity contribution < 1.29 is 13.9 Å². The SMILES string of the molecule is Cc1cn(-c2ccc(Cc3cc(C#N)cn([C@@H](CO)c4cc(F)cc(F)c4)c3=O)cc2C)cn1. The van der Waals surface area contributed by atoms with Crippen LogP contribution in [-0.4, -0.2) is 25.8 Å². The summed E-state index contributed by atoms with van der Waals surface area (Å²) in [6, 6.07) is 11.1. The number of hydrogen-bond acceptors (Lipinski definition) is 4. The second-order valence-corrected chi connectivity index (χ2v) is 8.20. The maximum Gasteiger partial charge on any atom is 0.254 e. The fraction of sp³-hybridized carbons (Fsp3) is 0.192. The van der Waals surface area contributed by atoms with E-state index in [0.29, 0.717) is 5.56 Å². The molecule has 2 aromatic carbocycles. The van der Waals surface area contributed by atoms with Crippen molar-refractivity contribution in [2.75, 3.05) is 6.61 Å². The molecule has 34 heavy (non-hydrogen) atoms. The van der Waals surface area contributed by atoms with Crippen molar-refractivity contribution in [3.05, 3.63) is 117 Å². The van der Waals surface area contributed by atoms with E-state index in [1.165, 1.54) is 12.3 Å². The van der Waals surface area contributed by atoms with Crippen molar-refractivity contribution in [3.63, 3.8) is 0 Å². The van der Waals surface area contributed by atoms with Gasteiger partial charge in [-0.25, -0.2) is 13.8 Å². The summed E-state index contributed by atoms with van der Waals surface area (Å²) in [6.07, 6.45) is 5.19. The predicted octanol–water partition coefficient (Wildman–Crippen LogP) is 3.97. The summed E-state index contributed by atoms with van der Waals surface area (Å²) in [6.45, 7) is 3.29. The monoisotopic (exact) mass is 460 g/mol. The highest BCUT2D eigenvalue weighted by Gasteiger charge is 2.19. The number of halogens is 2. The van der Waals surface area contributed by atoms with E-state index >= 15 is 0 Å². The van der Waals surface area contributed by atoms with E-state index in [4.69, 9.17) is 0 Å². The quantitative estimate of drug-likeness (QED) is 0.472. The number of benzene rings is 2. The minimum absolute atomic E-state index is 0.0963. The molecule has 6 nitrogen and oxygen atoms in total. The molecule has 0 aliphatic heterocycles. The van der Waals surface area contributed by atoms with Crippen LogP contribution in [-0.2, 0) is 6.42 Å². The Morgan fingerprint density at radius 2 is 1.82 bits per heavy atom. The highest BCUT2D eigenvalue weighted by molar-refractivity contribution is 5.44. The second-order valence-electron chi connectivity index (χ2n) is 8.20. The van der Waals surface area contributed by atoms with Gasteiger partial charge in [-0.3, -0.25) is 4.79 Å². The van der Waals surface area contributed by atoms with Gasteiger partial charge in [0.15, 0.2) is 0 Å². The highest BCUT2D eigenvalue weighted by Crippen LogP contribution is 2.22. The van der Waals surface area contributed by atoms with Gasteiger partial charge in [-0.05, 0) is 54.8 Å². The molecular weight excluding hydrogens is 438 g/mol. The first kappa shape index (κ1) is 23.1. The van der Waals surface area contributed by atoms with Crippen LogP contribution in [0.2, 0.25) is 0 Å². The number of hydrogen-bond donors (Lipinski definition) is 1. The van der Waals surface area contributed by atoms with Crippen LogP contribution in [0.4, 0.5) is 8.78 Å². The van der Waals surface area contributed by atoms with E-state index < -0.39 is 29.8 Å². The summed E-state index contributed by atoms with van der Waals surface area (Å²) >= 11 is 0. The van der Waals surface area contributed by atoms with Gasteiger partial charge in [0.05, 0.1) is 30.2 Å². The van der Waals surface area contributed by atoms with Crippen LogP contribution in [0.15, 0.2) is 66.0 Å². The molecule has 1 atom stereocenters. The van der Waals surface area contributed by atoms with Crippen LogP contribution >= 0.6 is 0 Å². The van der Waals surface area contributed by atoms with Gasteiger partial charge in [-0.2, -0.15) is 5.26 Å². The third kappa shape index (κ3) is 4.65. The summed E-state index contributed by atoms with van der Waals surface area (Å²) in [5.74, 6) is -1.64. The van der Waals surface area contributed by atoms with Crippen LogP contribution in [0.3, 0.4) is 0 Å². The fourth-order valence-corrected chi connectivity index (χ4v) is 4.09. The number of aromatic nitrogens is 3. The van der Waals surface area contributed by atoms with E-state index in [2.05, 4.69) is 4.98 Å². The zero-order valence-corrected chi connectivity index (χ0v) is 18.7. The first-order valence-electron chi connectivity index (χ1n) is 10.6. The van der Waals surface area contributed by atoms with Gasteiger partial charge in [-0.1, -0.05) is 12.1 Å². The molecule has 2 aromatic heterocycles. The minimum atomic E-state index is -1.04. The smallest absolute Gasteiger partial charge is 0.254 e. The molecular formula is C26H22F2N4O2. The number of imidazole rings is 1. The van der Waals surface area contributed by atoms with E-state index in [-0.39, 0.29) is 17.5 Å². The third-order valence-electron chi connectivity index (χ3n) is 5.67. The Morgan fingerprint density at radius 1 is 1.09 bits per heavy atom. The normalized spacial score (nSPS) is 11.9. The van der Waals surface area contributed by atoms with Gasteiger partial charge in [0.1, 0.15) is 17.7 Å². The molecule has 0 unspecified atom stereocenters. The van der Waals surface area contributed by atoms with Gasteiger partial charge >= 0.3 is 0 Å². The average molecular weight is 460 g/mol. The second kappa shape index (κ2) is 9.41. The van der Waals surface area contributed by atoms with Gasteiger partial charge in [0.25, 0.3) is 5.56 Å². The Bertz CT molecular complexity index is 1450. The maximum atomic E-state index is 13.8. The van der Waals surface area contributed by atoms with Crippen LogP contribution in [0.1, 0.15) is 39.6 Å². The van der Waals surface area contributed by atoms with Crippen molar-refractivity contribution >= 4 is 0 Å². The Balaban J connectivity index is 1.73. The van der Waals surface area contributed by atoms with E-state index in [9.17, 15) is 23.9 Å². The molecule has 0 amide bonds. The van der Waals surface area contributed by atoms with Crippen LogP contribution < -0.4 is 5.56 Å². The number of aliphatic hydroxyl groups excluding tert-OH is 1. The van der Waals surface area contributed by atoms with E-state index in [0.717, 1.165) is 45.3 Å². The van der Waals surface area contributed by atoms with Crippen molar-refractivity contribution in [3.8, 4) is 11.8 Å². The molecule has 0 saturated carbocycles. The molecule has 0 fully saturated rings. The summed E-state index contributed by atoms with van der Waals surface area (Å²) in [5.41, 5.74) is 3.88. The lowest BCUT2D eigenvalue weighted by Crippen LogP contribution is -2.30. The molecule has 4 aromatic rings. The number of rotatable bonds is 6. The van der Waals surface area contributed by atoms with Crippen LogP contribution in [0, 0.1) is 36.8 Å². The molecule has 8 heteroatoms. The largest absolute Gasteiger partial charge is 0.394 e. The lowest BCUT2D eigenvalue weighted by molar-refractivity contribution is 0.246. The van der Waals surface area contributed by atoms with Crippen LogP contribution in [0.25, 0.3) is 5.69 Å². The number of aliphatic hydroxyl groups is 1. The number of aryl methyl sites for hydroxylation is 2.